The minimum absolute atomic E-state index is 0.0254. The Labute approximate surface area is 274 Å². The van der Waals surface area contributed by atoms with Gasteiger partial charge in [-0.3, -0.25) is 19.3 Å². The molecule has 1 aliphatic rings. The third-order valence-electron chi connectivity index (χ3n) is 6.84. The van der Waals surface area contributed by atoms with Crippen molar-refractivity contribution in [3.05, 3.63) is 149 Å². The lowest BCUT2D eigenvalue weighted by Crippen LogP contribution is -2.30. The number of anilines is 3. The Morgan fingerprint density at radius 3 is 2.07 bits per heavy atom. The number of carbonyl (C=O) groups is 3. The number of nitrogens with one attached hydrogen (secondary N) is 2. The Balaban J connectivity index is 1.14. The number of hydrogen-bond donors (Lipinski definition) is 2. The lowest BCUT2D eigenvalue weighted by molar-refractivity contribution is -0.115. The van der Waals surface area contributed by atoms with Crippen LogP contribution < -0.4 is 15.5 Å². The molecule has 0 spiro atoms. The number of rotatable bonds is 8. The Hall–Kier alpha value is -4.76. The Morgan fingerprint density at radius 2 is 1.40 bits per heavy atom. The first-order chi connectivity index (χ1) is 21.9. The number of amides is 3. The van der Waals surface area contributed by atoms with Crippen LogP contribution in [-0.4, -0.2) is 23.5 Å². The summed E-state index contributed by atoms with van der Waals surface area (Å²) in [6, 6.07) is 38.7. The normalized spacial score (nSPS) is 12.1. The third kappa shape index (κ3) is 7.32. The second-order valence-electron chi connectivity index (χ2n) is 9.97. The molecule has 222 valence electrons. The van der Waals surface area contributed by atoms with Gasteiger partial charge in [-0.05, 0) is 84.4 Å². The van der Waals surface area contributed by atoms with E-state index in [9.17, 15) is 14.4 Å². The highest BCUT2D eigenvalue weighted by atomic mass is 35.5. The van der Waals surface area contributed by atoms with Crippen LogP contribution in [-0.2, 0) is 9.59 Å². The number of halogens is 1. The van der Waals surface area contributed by atoms with Crippen LogP contribution in [0.5, 0.6) is 0 Å². The van der Waals surface area contributed by atoms with Crippen LogP contribution in [0.25, 0.3) is 6.08 Å². The zero-order chi connectivity index (χ0) is 31.2. The predicted molar refractivity (Wildman–Crippen MR) is 183 cm³/mol. The van der Waals surface area contributed by atoms with Crippen LogP contribution in [0.2, 0.25) is 5.02 Å². The van der Waals surface area contributed by atoms with Crippen LogP contribution in [0.15, 0.2) is 148 Å². The zero-order valence-electron chi connectivity index (χ0n) is 23.8. The number of benzene rings is 5. The first-order valence-corrected chi connectivity index (χ1v) is 16.2. The van der Waals surface area contributed by atoms with E-state index < -0.39 is 11.8 Å². The molecule has 0 unspecified atom stereocenters. The summed E-state index contributed by atoms with van der Waals surface area (Å²) in [5.74, 6) is -0.692. The van der Waals surface area contributed by atoms with E-state index in [0.717, 1.165) is 26.1 Å². The molecular formula is C36H26ClN3O3S2. The topological polar surface area (TPSA) is 78.5 Å². The highest BCUT2D eigenvalue weighted by molar-refractivity contribution is 8.00. The van der Waals surface area contributed by atoms with Crippen molar-refractivity contribution < 1.29 is 14.4 Å². The summed E-state index contributed by atoms with van der Waals surface area (Å²) in [7, 11) is 0. The van der Waals surface area contributed by atoms with Crippen molar-refractivity contribution in [2.24, 2.45) is 0 Å². The highest BCUT2D eigenvalue weighted by Crippen LogP contribution is 2.48. The van der Waals surface area contributed by atoms with E-state index in [1.54, 1.807) is 83.4 Å². The smallest absolute Gasteiger partial charge is 0.272 e. The molecule has 5 aromatic carbocycles. The Bertz CT molecular complexity index is 1870. The molecule has 45 heavy (non-hydrogen) atoms. The average molecular weight is 648 g/mol. The zero-order valence-corrected chi connectivity index (χ0v) is 26.2. The van der Waals surface area contributed by atoms with Crippen LogP contribution in [0.3, 0.4) is 0 Å². The van der Waals surface area contributed by atoms with Gasteiger partial charge < -0.3 is 10.6 Å². The molecule has 0 aromatic heterocycles. The van der Waals surface area contributed by atoms with Crippen molar-refractivity contribution in [3.63, 3.8) is 0 Å². The number of fused-ring (bicyclic) bond motifs is 2. The summed E-state index contributed by atoms with van der Waals surface area (Å²) >= 11 is 9.23. The van der Waals surface area contributed by atoms with Gasteiger partial charge in [0.25, 0.3) is 11.8 Å². The van der Waals surface area contributed by atoms with E-state index in [0.29, 0.717) is 21.8 Å². The molecule has 0 aliphatic carbocycles. The van der Waals surface area contributed by atoms with Gasteiger partial charge in [0.15, 0.2) is 0 Å². The molecule has 3 amide bonds. The average Bonchev–Trinajstić information content (AvgIpc) is 3.06. The van der Waals surface area contributed by atoms with Crippen molar-refractivity contribution in [3.8, 4) is 0 Å². The van der Waals surface area contributed by atoms with Crippen LogP contribution >= 0.6 is 35.1 Å². The molecule has 5 aromatic rings. The molecule has 6 rings (SSSR count). The molecule has 1 heterocycles. The van der Waals surface area contributed by atoms with Gasteiger partial charge >= 0.3 is 0 Å². The number of thioether (sulfide) groups is 1. The molecule has 6 nitrogen and oxygen atoms in total. The number of carbonyl (C=O) groups excluding carboxylic acids is 3. The van der Waals surface area contributed by atoms with Crippen molar-refractivity contribution in [1.82, 2.24) is 5.32 Å². The van der Waals surface area contributed by atoms with E-state index in [2.05, 4.69) is 10.6 Å². The molecular weight excluding hydrogens is 622 g/mol. The van der Waals surface area contributed by atoms with Crippen LogP contribution in [0.4, 0.5) is 17.1 Å². The van der Waals surface area contributed by atoms with Gasteiger partial charge in [0.2, 0.25) is 5.91 Å². The van der Waals surface area contributed by atoms with Crippen LogP contribution in [0.1, 0.15) is 15.9 Å². The maximum Gasteiger partial charge on any atom is 0.272 e. The van der Waals surface area contributed by atoms with Crippen molar-refractivity contribution >= 4 is 76.0 Å². The van der Waals surface area contributed by atoms with Crippen molar-refractivity contribution in [1.29, 1.82) is 0 Å². The fraction of sp³-hybridized carbons (Fsp3) is 0.0278. The van der Waals surface area contributed by atoms with Crippen molar-refractivity contribution in [2.75, 3.05) is 16.0 Å². The van der Waals surface area contributed by atoms with E-state index in [1.807, 2.05) is 66.7 Å². The second-order valence-corrected chi connectivity index (χ2v) is 12.5. The summed E-state index contributed by atoms with van der Waals surface area (Å²) in [5, 5.41) is 6.10. The van der Waals surface area contributed by atoms with E-state index in [1.165, 1.54) is 11.8 Å². The Morgan fingerprint density at radius 1 is 0.756 bits per heavy atom. The van der Waals surface area contributed by atoms with Gasteiger partial charge in [0.1, 0.15) is 5.70 Å². The summed E-state index contributed by atoms with van der Waals surface area (Å²) in [6.07, 6.45) is 1.58. The quantitative estimate of drug-likeness (QED) is 0.130. The van der Waals surface area contributed by atoms with Gasteiger partial charge in [-0.25, -0.2) is 0 Å². The predicted octanol–water partition coefficient (Wildman–Crippen LogP) is 8.67. The Kier molecular flexibility index (Phi) is 9.35. The summed E-state index contributed by atoms with van der Waals surface area (Å²) in [5.41, 5.74) is 3.45. The van der Waals surface area contributed by atoms with Crippen molar-refractivity contribution in [2.45, 2.75) is 14.7 Å². The van der Waals surface area contributed by atoms with Gasteiger partial charge in [-0.2, -0.15) is 0 Å². The van der Waals surface area contributed by atoms with Gasteiger partial charge in [0, 0.05) is 31.0 Å². The lowest BCUT2D eigenvalue weighted by Gasteiger charge is -2.31. The summed E-state index contributed by atoms with van der Waals surface area (Å²) < 4.78 is 0. The molecule has 0 bridgehead atoms. The number of hydrogen-bond acceptors (Lipinski definition) is 5. The summed E-state index contributed by atoms with van der Waals surface area (Å²) in [6.45, 7) is 0. The van der Waals surface area contributed by atoms with E-state index >= 15 is 0 Å². The maximum atomic E-state index is 13.5. The molecule has 0 saturated carbocycles. The van der Waals surface area contributed by atoms with Gasteiger partial charge in [-0.1, -0.05) is 78.0 Å². The summed E-state index contributed by atoms with van der Waals surface area (Å²) in [4.78, 5) is 44.5. The third-order valence-corrected chi connectivity index (χ3v) is 9.21. The first-order valence-electron chi connectivity index (χ1n) is 14.0. The molecule has 0 radical (unpaired) electrons. The van der Waals surface area contributed by atoms with E-state index in [-0.39, 0.29) is 17.4 Å². The van der Waals surface area contributed by atoms with Gasteiger partial charge in [0.05, 0.1) is 17.1 Å². The van der Waals surface area contributed by atoms with Gasteiger partial charge in [-0.15, -0.1) is 11.8 Å². The minimum atomic E-state index is -0.491. The first kappa shape index (κ1) is 30.3. The fourth-order valence-electron chi connectivity index (χ4n) is 4.72. The number of para-hydroxylation sites is 2. The largest absolute Gasteiger partial charge is 0.321 e. The molecule has 1 aliphatic heterocycles. The monoisotopic (exact) mass is 647 g/mol. The SMILES string of the molecule is O=C(Nc1ccc(SCC(=O)N2c3ccccc3Sc3ccccc32)cc1)/C(=C/c1cccc(Cl)c1)NC(=O)c1ccccc1. The second kappa shape index (κ2) is 13.9. The minimum Gasteiger partial charge on any atom is -0.321 e. The molecule has 0 atom stereocenters. The fourth-order valence-corrected chi connectivity index (χ4v) is 6.73. The van der Waals surface area contributed by atoms with E-state index in [4.69, 9.17) is 11.6 Å². The molecule has 2 N–H and O–H groups in total. The maximum absolute atomic E-state index is 13.5. The highest BCUT2D eigenvalue weighted by Gasteiger charge is 2.27. The molecule has 9 heteroatoms. The number of nitrogens with zero attached hydrogens (tertiary/aromatic N) is 1. The van der Waals surface area contributed by atoms with Crippen LogP contribution in [0, 0.1) is 0 Å². The standard InChI is InChI=1S/C36H26ClN3O3S2/c37-26-12-8-9-24(21-26)22-29(39-35(42)25-10-2-1-3-11-25)36(43)38-27-17-19-28(20-18-27)44-23-34(41)40-30-13-4-6-15-32(30)45-33-16-7-5-14-31(33)40/h1-22H,23H2,(H,38,43)(H,39,42)/b29-22-. The lowest BCUT2D eigenvalue weighted by atomic mass is 10.1. The molecule has 0 fully saturated rings. The molecule has 0 saturated heterocycles.